The summed E-state index contributed by atoms with van der Waals surface area (Å²) in [5.74, 6) is 0.758. The number of carbonyl (C=O) groups excluding carboxylic acids is 1. The lowest BCUT2D eigenvalue weighted by molar-refractivity contribution is -0.122. The lowest BCUT2D eigenvalue weighted by Gasteiger charge is -2.14. The molecule has 0 aliphatic rings. The first kappa shape index (κ1) is 17.5. The Labute approximate surface area is 150 Å². The largest absolute Gasteiger partial charge is 0.481 e. The Balaban J connectivity index is 1.56. The van der Waals surface area contributed by atoms with Gasteiger partial charge < -0.3 is 15.0 Å². The minimum atomic E-state index is -0.678. The van der Waals surface area contributed by atoms with Crippen LogP contribution in [0.3, 0.4) is 0 Å². The van der Waals surface area contributed by atoms with Crippen LogP contribution in [0.5, 0.6) is 5.75 Å². The number of hydrogen-bond acceptors (Lipinski definition) is 7. The first-order chi connectivity index (χ1) is 12.5. The highest BCUT2D eigenvalue weighted by Crippen LogP contribution is 2.16. The lowest BCUT2D eigenvalue weighted by atomic mass is 10.3. The van der Waals surface area contributed by atoms with Crippen molar-refractivity contribution in [1.29, 1.82) is 0 Å². The molecule has 1 amide bonds. The van der Waals surface area contributed by atoms with Gasteiger partial charge in [-0.25, -0.2) is 4.68 Å². The summed E-state index contributed by atoms with van der Waals surface area (Å²) < 4.78 is 7.20. The van der Waals surface area contributed by atoms with Gasteiger partial charge in [0.25, 0.3) is 5.91 Å². The number of carbonyl (C=O) groups is 1. The van der Waals surface area contributed by atoms with Crippen LogP contribution < -0.4 is 10.1 Å². The Hall–Kier alpha value is -3.27. The van der Waals surface area contributed by atoms with Gasteiger partial charge in [0.15, 0.2) is 11.9 Å². The highest BCUT2D eigenvalue weighted by atomic mass is 16.5. The van der Waals surface area contributed by atoms with Gasteiger partial charge in [-0.1, -0.05) is 0 Å². The molecule has 0 saturated heterocycles. The molecule has 1 aromatic carbocycles. The lowest BCUT2D eigenvalue weighted by Crippen LogP contribution is -2.30. The molecule has 3 rings (SSSR count). The second kappa shape index (κ2) is 7.74. The standard InChI is InChI=1S/C16H20N8O2/c1-11(16(25)18-15-8-12(19-20-15)9-23(2)3)26-14-6-4-13(5-7-14)24-10-17-21-22-24/h4-8,10-11H,9H2,1-3H3,(H2,18,19,20,25). The fraction of sp³-hybridized carbons (Fsp3) is 0.312. The summed E-state index contributed by atoms with van der Waals surface area (Å²) in [4.78, 5) is 14.3. The topological polar surface area (TPSA) is 114 Å². The van der Waals surface area contributed by atoms with Crippen molar-refractivity contribution in [1.82, 2.24) is 35.3 Å². The van der Waals surface area contributed by atoms with Gasteiger partial charge in [-0.3, -0.25) is 9.89 Å². The van der Waals surface area contributed by atoms with Crippen molar-refractivity contribution in [3.63, 3.8) is 0 Å². The molecule has 26 heavy (non-hydrogen) atoms. The number of H-pyrrole nitrogens is 1. The van der Waals surface area contributed by atoms with E-state index in [4.69, 9.17) is 4.74 Å². The maximum absolute atomic E-state index is 12.3. The van der Waals surface area contributed by atoms with Crippen molar-refractivity contribution >= 4 is 11.7 Å². The monoisotopic (exact) mass is 356 g/mol. The zero-order valence-electron chi connectivity index (χ0n) is 14.7. The fourth-order valence-corrected chi connectivity index (χ4v) is 2.29. The minimum Gasteiger partial charge on any atom is -0.481 e. The molecule has 0 aliphatic carbocycles. The smallest absolute Gasteiger partial charge is 0.266 e. The predicted octanol–water partition coefficient (Wildman–Crippen LogP) is 0.853. The number of hydrogen-bond donors (Lipinski definition) is 2. The van der Waals surface area contributed by atoms with Crippen LogP contribution in [0.1, 0.15) is 12.6 Å². The zero-order chi connectivity index (χ0) is 18.5. The van der Waals surface area contributed by atoms with E-state index in [0.717, 1.165) is 11.4 Å². The van der Waals surface area contributed by atoms with Crippen molar-refractivity contribution < 1.29 is 9.53 Å². The van der Waals surface area contributed by atoms with E-state index in [0.29, 0.717) is 18.1 Å². The Morgan fingerprint density at radius 2 is 2.12 bits per heavy atom. The second-order valence-corrected chi connectivity index (χ2v) is 6.01. The molecule has 10 nitrogen and oxygen atoms in total. The third kappa shape index (κ3) is 4.42. The molecule has 2 heterocycles. The number of benzene rings is 1. The van der Waals surface area contributed by atoms with Crippen LogP contribution in [0.25, 0.3) is 5.69 Å². The van der Waals surface area contributed by atoms with Gasteiger partial charge in [0.05, 0.1) is 11.4 Å². The normalized spacial score (nSPS) is 12.2. The number of aromatic nitrogens is 6. The van der Waals surface area contributed by atoms with Crippen molar-refractivity contribution in [3.8, 4) is 11.4 Å². The SMILES string of the molecule is CC(Oc1ccc(-n2cnnn2)cc1)C(=O)Nc1cc(CN(C)C)[nH]n1. The fourth-order valence-electron chi connectivity index (χ4n) is 2.29. The Bertz CT molecular complexity index is 842. The van der Waals surface area contributed by atoms with E-state index in [1.807, 2.05) is 19.0 Å². The van der Waals surface area contributed by atoms with E-state index in [1.54, 1.807) is 37.3 Å². The van der Waals surface area contributed by atoms with E-state index in [-0.39, 0.29) is 5.91 Å². The number of ether oxygens (including phenoxy) is 1. The van der Waals surface area contributed by atoms with Gasteiger partial charge in [-0.2, -0.15) is 5.10 Å². The molecule has 0 aliphatic heterocycles. The van der Waals surface area contributed by atoms with Crippen LogP contribution in [0.4, 0.5) is 5.82 Å². The molecular formula is C16H20N8O2. The average molecular weight is 356 g/mol. The van der Waals surface area contributed by atoms with Crippen molar-refractivity contribution in [2.45, 2.75) is 19.6 Å². The minimum absolute atomic E-state index is 0.280. The van der Waals surface area contributed by atoms with Crippen LogP contribution >= 0.6 is 0 Å². The average Bonchev–Trinajstić information content (AvgIpc) is 3.27. The highest BCUT2D eigenvalue weighted by molar-refractivity contribution is 5.93. The third-order valence-electron chi connectivity index (χ3n) is 3.50. The third-order valence-corrected chi connectivity index (χ3v) is 3.50. The summed E-state index contributed by atoms with van der Waals surface area (Å²) >= 11 is 0. The molecule has 2 aromatic heterocycles. The van der Waals surface area contributed by atoms with Gasteiger partial charge in [0, 0.05) is 12.6 Å². The first-order valence-electron chi connectivity index (χ1n) is 8.01. The van der Waals surface area contributed by atoms with Crippen molar-refractivity contribution in [2.75, 3.05) is 19.4 Å². The Kier molecular flexibility index (Phi) is 5.23. The molecule has 0 fully saturated rings. The Morgan fingerprint density at radius 3 is 2.77 bits per heavy atom. The number of rotatable bonds is 7. The van der Waals surface area contributed by atoms with Gasteiger partial charge in [-0.05, 0) is 55.7 Å². The molecule has 0 spiro atoms. The van der Waals surface area contributed by atoms with Gasteiger partial charge in [0.2, 0.25) is 0 Å². The maximum Gasteiger partial charge on any atom is 0.266 e. The van der Waals surface area contributed by atoms with Crippen LogP contribution in [-0.4, -0.2) is 61.4 Å². The quantitative estimate of drug-likeness (QED) is 0.645. The molecule has 1 unspecified atom stereocenters. The molecule has 0 radical (unpaired) electrons. The number of anilines is 1. The maximum atomic E-state index is 12.3. The Morgan fingerprint density at radius 1 is 1.35 bits per heavy atom. The van der Waals surface area contributed by atoms with Crippen molar-refractivity contribution in [2.24, 2.45) is 0 Å². The number of tetrazole rings is 1. The second-order valence-electron chi connectivity index (χ2n) is 6.01. The molecule has 136 valence electrons. The summed E-state index contributed by atoms with van der Waals surface area (Å²) in [5.41, 5.74) is 1.71. The molecule has 0 saturated carbocycles. The molecule has 3 aromatic rings. The summed E-state index contributed by atoms with van der Waals surface area (Å²) in [6.07, 6.45) is 0.822. The molecule has 2 N–H and O–H groups in total. The van der Waals surface area contributed by atoms with Crippen LogP contribution in [0.15, 0.2) is 36.7 Å². The number of nitrogens with one attached hydrogen (secondary N) is 2. The van der Waals surface area contributed by atoms with E-state index in [9.17, 15) is 4.79 Å². The summed E-state index contributed by atoms with van der Waals surface area (Å²) in [5, 5.41) is 20.7. The molecular weight excluding hydrogens is 336 g/mol. The van der Waals surface area contributed by atoms with Crippen LogP contribution in [-0.2, 0) is 11.3 Å². The molecule has 1 atom stereocenters. The van der Waals surface area contributed by atoms with E-state index < -0.39 is 6.10 Å². The number of nitrogens with zero attached hydrogens (tertiary/aromatic N) is 6. The summed E-state index contributed by atoms with van der Waals surface area (Å²) in [6.45, 7) is 2.39. The number of aromatic amines is 1. The van der Waals surface area contributed by atoms with Gasteiger partial charge in [0.1, 0.15) is 12.1 Å². The van der Waals surface area contributed by atoms with E-state index in [1.165, 1.54) is 11.0 Å². The first-order valence-corrected chi connectivity index (χ1v) is 8.01. The van der Waals surface area contributed by atoms with Crippen molar-refractivity contribution in [3.05, 3.63) is 42.4 Å². The van der Waals surface area contributed by atoms with Crippen LogP contribution in [0, 0.1) is 0 Å². The summed E-state index contributed by atoms with van der Waals surface area (Å²) in [6, 6.07) is 8.91. The molecule has 10 heteroatoms. The van der Waals surface area contributed by atoms with E-state index >= 15 is 0 Å². The molecule has 0 bridgehead atoms. The van der Waals surface area contributed by atoms with Gasteiger partial charge >= 0.3 is 0 Å². The summed E-state index contributed by atoms with van der Waals surface area (Å²) in [7, 11) is 3.92. The van der Waals surface area contributed by atoms with E-state index in [2.05, 4.69) is 31.0 Å². The zero-order valence-corrected chi connectivity index (χ0v) is 14.7. The predicted molar refractivity (Wildman–Crippen MR) is 93.9 cm³/mol. The number of amides is 1. The van der Waals surface area contributed by atoms with Crippen LogP contribution in [0.2, 0.25) is 0 Å². The highest BCUT2D eigenvalue weighted by Gasteiger charge is 2.16. The van der Waals surface area contributed by atoms with Gasteiger partial charge in [-0.15, -0.1) is 5.10 Å².